The number of pyridine rings is 1. The highest BCUT2D eigenvalue weighted by Crippen LogP contribution is 2.37. The van der Waals surface area contributed by atoms with E-state index in [2.05, 4.69) is 52.6 Å². The van der Waals surface area contributed by atoms with Crippen molar-refractivity contribution in [3.05, 3.63) is 105 Å². The van der Waals surface area contributed by atoms with Crippen molar-refractivity contribution in [2.75, 3.05) is 32.8 Å². The Morgan fingerprint density at radius 3 is 2.50 bits per heavy atom. The molecule has 0 bridgehead atoms. The first-order valence-corrected chi connectivity index (χ1v) is 20.3. The SMILES string of the molecule is Cc1c(COc2cc(OCc3cncc(C#N)c3)c(CNC[C@@H](O)CC(=O)O)cc2Cl)cccc1-c1cccc(OCCCN2CCC3(CCCC(=O)N3)CC2)c1C. The number of aromatic nitrogens is 1. The Labute approximate surface area is 345 Å². The molecule has 1 aromatic heterocycles. The fourth-order valence-electron chi connectivity index (χ4n) is 7.80. The average molecular weight is 810 g/mol. The van der Waals surface area contributed by atoms with E-state index in [9.17, 15) is 20.0 Å². The van der Waals surface area contributed by atoms with Gasteiger partial charge in [0.25, 0.3) is 0 Å². The first kappa shape index (κ1) is 42.4. The second kappa shape index (κ2) is 20.0. The smallest absolute Gasteiger partial charge is 0.306 e. The number of hydrogen-bond donors (Lipinski definition) is 4. The monoisotopic (exact) mass is 809 g/mol. The van der Waals surface area contributed by atoms with E-state index in [1.165, 1.54) is 6.20 Å². The second-order valence-electron chi connectivity index (χ2n) is 15.3. The number of hydrogen-bond acceptors (Lipinski definition) is 10. The molecule has 0 saturated carbocycles. The number of nitrogens with one attached hydrogen (secondary N) is 2. The number of likely N-dealkylation sites (tertiary alicyclic amines) is 1. The van der Waals surface area contributed by atoms with Crippen molar-refractivity contribution in [1.29, 1.82) is 5.26 Å². The number of carbonyl (C=O) groups is 2. The fourth-order valence-corrected chi connectivity index (χ4v) is 8.04. The third kappa shape index (κ3) is 11.3. The number of halogens is 1. The van der Waals surface area contributed by atoms with Gasteiger partial charge in [-0.25, -0.2) is 0 Å². The second-order valence-corrected chi connectivity index (χ2v) is 15.7. The maximum absolute atomic E-state index is 12.0. The minimum absolute atomic E-state index is 0.00272. The van der Waals surface area contributed by atoms with Crippen molar-refractivity contribution in [3.8, 4) is 34.4 Å². The first-order valence-electron chi connectivity index (χ1n) is 19.9. The van der Waals surface area contributed by atoms with Crippen molar-refractivity contribution in [3.63, 3.8) is 0 Å². The zero-order chi connectivity index (χ0) is 41.1. The molecule has 2 aliphatic rings. The largest absolute Gasteiger partial charge is 0.493 e. The Morgan fingerprint density at radius 2 is 1.74 bits per heavy atom. The molecule has 1 amide bonds. The highest BCUT2D eigenvalue weighted by molar-refractivity contribution is 6.32. The number of benzene rings is 3. The van der Waals surface area contributed by atoms with Crippen LogP contribution in [0.5, 0.6) is 17.2 Å². The van der Waals surface area contributed by atoms with Crippen LogP contribution < -0.4 is 24.8 Å². The van der Waals surface area contributed by atoms with Crippen molar-refractivity contribution < 1.29 is 34.0 Å². The van der Waals surface area contributed by atoms with Crippen LogP contribution in [-0.2, 0) is 29.3 Å². The lowest BCUT2D eigenvalue weighted by molar-refractivity contribution is -0.139. The topological polar surface area (TPSA) is 166 Å². The van der Waals surface area contributed by atoms with E-state index in [0.29, 0.717) is 46.2 Å². The van der Waals surface area contributed by atoms with Gasteiger partial charge in [-0.3, -0.25) is 14.6 Å². The lowest BCUT2D eigenvalue weighted by atomic mass is 9.80. The first-order chi connectivity index (χ1) is 28.0. The molecule has 12 nitrogen and oxygen atoms in total. The van der Waals surface area contributed by atoms with E-state index in [0.717, 1.165) is 85.3 Å². The van der Waals surface area contributed by atoms with Crippen molar-refractivity contribution in [2.24, 2.45) is 0 Å². The zero-order valence-electron chi connectivity index (χ0n) is 33.2. The van der Waals surface area contributed by atoms with Gasteiger partial charge >= 0.3 is 5.97 Å². The lowest BCUT2D eigenvalue weighted by Gasteiger charge is -2.44. The number of aliphatic carboxylic acids is 1. The molecule has 3 aromatic carbocycles. The molecule has 58 heavy (non-hydrogen) atoms. The van der Waals surface area contributed by atoms with E-state index >= 15 is 0 Å². The molecule has 4 N–H and O–H groups in total. The molecular formula is C45H52ClN5O7. The standard InChI is InChI=1S/C45H52ClN5O7/c1-30-34(29-58-42-22-41(57-28-33-19-32(23-47)24-48-25-33)35(20-39(42)46)26-49-27-36(52)21-44(54)55)7-3-8-37(30)38-9-4-10-40(31(38)2)56-18-6-15-51-16-13-45(14-17-51)12-5-11-43(53)50-45/h3-4,7-10,19-20,22,24-25,36,49,52H,5-6,11-18,21,26-29H2,1-2H3,(H,50,53)(H,54,55)/t36-/m0/s1. The summed E-state index contributed by atoms with van der Waals surface area (Å²) in [7, 11) is 0. The molecule has 2 aliphatic heterocycles. The predicted molar refractivity (Wildman–Crippen MR) is 221 cm³/mol. The number of aliphatic hydroxyl groups is 1. The molecule has 3 heterocycles. The van der Waals surface area contributed by atoms with Gasteiger partial charge < -0.3 is 40.0 Å². The van der Waals surface area contributed by atoms with Crippen LogP contribution in [0.15, 0.2) is 67.0 Å². The highest BCUT2D eigenvalue weighted by atomic mass is 35.5. The molecule has 2 fully saturated rings. The number of carbonyl (C=O) groups excluding carboxylic acids is 1. The number of ether oxygens (including phenoxy) is 3. The maximum Gasteiger partial charge on any atom is 0.306 e. The van der Waals surface area contributed by atoms with Gasteiger partial charge in [0.15, 0.2) is 0 Å². The highest BCUT2D eigenvalue weighted by Gasteiger charge is 2.37. The normalized spacial score (nSPS) is 15.7. The maximum atomic E-state index is 12.0. The summed E-state index contributed by atoms with van der Waals surface area (Å²) >= 11 is 6.76. The van der Waals surface area contributed by atoms with Crippen LogP contribution in [-0.4, -0.2) is 76.4 Å². The summed E-state index contributed by atoms with van der Waals surface area (Å²) in [5, 5.41) is 35.1. The molecule has 0 unspecified atom stereocenters. The number of piperidine rings is 2. The van der Waals surface area contributed by atoms with Crippen LogP contribution in [0.2, 0.25) is 5.02 Å². The Kier molecular flexibility index (Phi) is 14.6. The molecular weight excluding hydrogens is 758 g/mol. The molecule has 2 saturated heterocycles. The molecule has 1 atom stereocenters. The molecule has 0 aliphatic carbocycles. The van der Waals surface area contributed by atoms with Crippen LogP contribution in [0.25, 0.3) is 11.1 Å². The quantitative estimate of drug-likeness (QED) is 0.0775. The zero-order valence-corrected chi connectivity index (χ0v) is 33.9. The van der Waals surface area contributed by atoms with Gasteiger partial charge in [0.2, 0.25) is 5.91 Å². The summed E-state index contributed by atoms with van der Waals surface area (Å²) in [6.45, 7) is 8.42. The summed E-state index contributed by atoms with van der Waals surface area (Å²) in [6.07, 6.45) is 7.35. The number of rotatable bonds is 18. The summed E-state index contributed by atoms with van der Waals surface area (Å²) in [5.74, 6) is 0.860. The molecule has 0 radical (unpaired) electrons. The number of nitriles is 1. The molecule has 306 valence electrons. The van der Waals surface area contributed by atoms with Crippen molar-refractivity contribution in [2.45, 2.75) is 90.2 Å². The Morgan fingerprint density at radius 1 is 0.983 bits per heavy atom. The van der Waals surface area contributed by atoms with Gasteiger partial charge in [-0.15, -0.1) is 0 Å². The third-order valence-corrected chi connectivity index (χ3v) is 11.4. The van der Waals surface area contributed by atoms with E-state index in [4.69, 9.17) is 30.9 Å². The van der Waals surface area contributed by atoms with Gasteiger partial charge in [0.1, 0.15) is 36.5 Å². The predicted octanol–water partition coefficient (Wildman–Crippen LogP) is 6.88. The number of nitrogens with zero attached hydrogens (tertiary/aromatic N) is 3. The van der Waals surface area contributed by atoms with Gasteiger partial charge in [0.05, 0.1) is 29.7 Å². The number of amides is 1. The van der Waals surface area contributed by atoms with E-state index in [-0.39, 0.29) is 44.2 Å². The van der Waals surface area contributed by atoms with Gasteiger partial charge in [-0.05, 0) is 92.0 Å². The number of carboxylic acid groups (broad SMARTS) is 1. The van der Waals surface area contributed by atoms with E-state index in [1.54, 1.807) is 24.4 Å². The number of carboxylic acids is 1. The molecule has 6 rings (SSSR count). The fraction of sp³-hybridized carbons (Fsp3) is 0.422. The van der Waals surface area contributed by atoms with Gasteiger partial charge in [0, 0.05) is 74.3 Å². The molecule has 13 heteroatoms. The minimum atomic E-state index is -1.09. The van der Waals surface area contributed by atoms with Crippen LogP contribution in [0.1, 0.15) is 78.3 Å². The Hall–Kier alpha value is -5.19. The third-order valence-electron chi connectivity index (χ3n) is 11.1. The van der Waals surface area contributed by atoms with E-state index in [1.807, 2.05) is 24.3 Å². The number of aliphatic hydroxyl groups excluding tert-OH is 1. The minimum Gasteiger partial charge on any atom is -0.493 e. The van der Waals surface area contributed by atoms with E-state index < -0.39 is 12.1 Å². The summed E-state index contributed by atoms with van der Waals surface area (Å²) in [6, 6.07) is 19.5. The van der Waals surface area contributed by atoms with Crippen molar-refractivity contribution in [1.82, 2.24) is 20.5 Å². The van der Waals surface area contributed by atoms with Crippen LogP contribution in [0.4, 0.5) is 0 Å². The Bertz CT molecular complexity index is 2110. The van der Waals surface area contributed by atoms with Crippen molar-refractivity contribution >= 4 is 23.5 Å². The lowest BCUT2D eigenvalue weighted by Crippen LogP contribution is -2.57. The Balaban J connectivity index is 1.09. The molecule has 4 aromatic rings. The summed E-state index contributed by atoms with van der Waals surface area (Å²) in [4.78, 5) is 29.6. The van der Waals surface area contributed by atoms with Gasteiger partial charge in [-0.1, -0.05) is 41.9 Å². The van der Waals surface area contributed by atoms with Crippen LogP contribution in [0.3, 0.4) is 0 Å². The van der Waals surface area contributed by atoms with Crippen LogP contribution >= 0.6 is 11.6 Å². The summed E-state index contributed by atoms with van der Waals surface area (Å²) in [5.41, 5.74) is 7.08. The van der Waals surface area contributed by atoms with Crippen LogP contribution in [0, 0.1) is 25.2 Å². The summed E-state index contributed by atoms with van der Waals surface area (Å²) < 4.78 is 18.9. The average Bonchev–Trinajstić information content (AvgIpc) is 3.20. The van der Waals surface area contributed by atoms with Gasteiger partial charge in [-0.2, -0.15) is 5.26 Å². The molecule has 1 spiro atoms.